The van der Waals surface area contributed by atoms with Crippen LogP contribution >= 0.6 is 0 Å². The van der Waals surface area contributed by atoms with Crippen LogP contribution in [0.25, 0.3) is 0 Å². The Morgan fingerprint density at radius 2 is 1.69 bits per heavy atom. The molecule has 2 aliphatic rings. The van der Waals surface area contributed by atoms with E-state index in [2.05, 4.69) is 4.72 Å². The lowest BCUT2D eigenvalue weighted by Gasteiger charge is -2.24. The normalized spacial score (nSPS) is 26.3. The molecule has 1 aliphatic carbocycles. The lowest BCUT2D eigenvalue weighted by Crippen LogP contribution is -2.49. The molecule has 2 rings (SSSR count). The van der Waals surface area contributed by atoms with Gasteiger partial charge in [0.25, 0.3) is 10.2 Å². The quantitative estimate of drug-likeness (QED) is 0.744. The van der Waals surface area contributed by atoms with E-state index in [0.29, 0.717) is 19.6 Å². The molecule has 0 amide bonds. The molecule has 0 aromatic heterocycles. The van der Waals surface area contributed by atoms with Crippen molar-refractivity contribution in [1.82, 2.24) is 9.03 Å². The van der Waals surface area contributed by atoms with Gasteiger partial charge >= 0.3 is 0 Å². The van der Waals surface area contributed by atoms with Crippen molar-refractivity contribution in [2.75, 3.05) is 19.6 Å². The van der Waals surface area contributed by atoms with Gasteiger partial charge in [-0.15, -0.1) is 0 Å². The zero-order chi connectivity index (χ0) is 11.6. The molecule has 6 heteroatoms. The summed E-state index contributed by atoms with van der Waals surface area (Å²) in [5.74, 6) is 0. The molecule has 0 bridgehead atoms. The van der Waals surface area contributed by atoms with E-state index >= 15 is 0 Å². The standard InChI is InChI=1S/C10H21N3O2S/c11-9-10(5-6-10)12-16(14,15)13-7-3-1-2-4-8-13/h12H,1-9,11H2. The molecule has 5 nitrogen and oxygen atoms in total. The van der Waals surface area contributed by atoms with Crippen LogP contribution in [0.3, 0.4) is 0 Å². The summed E-state index contributed by atoms with van der Waals surface area (Å²) in [6, 6.07) is 0. The van der Waals surface area contributed by atoms with E-state index in [1.165, 1.54) is 0 Å². The molecule has 1 aliphatic heterocycles. The van der Waals surface area contributed by atoms with E-state index in [9.17, 15) is 8.42 Å². The van der Waals surface area contributed by atoms with Crippen molar-refractivity contribution in [3.63, 3.8) is 0 Å². The van der Waals surface area contributed by atoms with E-state index in [-0.39, 0.29) is 5.54 Å². The summed E-state index contributed by atoms with van der Waals surface area (Å²) < 4.78 is 28.6. The Bertz CT molecular complexity index is 330. The van der Waals surface area contributed by atoms with Crippen LogP contribution in [0.5, 0.6) is 0 Å². The van der Waals surface area contributed by atoms with E-state index < -0.39 is 10.2 Å². The van der Waals surface area contributed by atoms with Gasteiger partial charge in [-0.3, -0.25) is 0 Å². The molecule has 1 saturated carbocycles. The van der Waals surface area contributed by atoms with Gasteiger partial charge in [0.15, 0.2) is 0 Å². The Labute approximate surface area is 97.6 Å². The Balaban J connectivity index is 2.00. The number of hydrogen-bond donors (Lipinski definition) is 2. The second kappa shape index (κ2) is 4.60. The van der Waals surface area contributed by atoms with Crippen LogP contribution in [0.15, 0.2) is 0 Å². The van der Waals surface area contributed by atoms with Crippen LogP contribution in [0.1, 0.15) is 38.5 Å². The van der Waals surface area contributed by atoms with E-state index in [1.54, 1.807) is 4.31 Å². The Morgan fingerprint density at radius 1 is 1.12 bits per heavy atom. The minimum atomic E-state index is -3.31. The summed E-state index contributed by atoms with van der Waals surface area (Å²) in [4.78, 5) is 0. The molecule has 16 heavy (non-hydrogen) atoms. The molecule has 0 radical (unpaired) electrons. The van der Waals surface area contributed by atoms with Gasteiger partial charge in [0.1, 0.15) is 0 Å². The lowest BCUT2D eigenvalue weighted by molar-refractivity contribution is 0.405. The maximum atomic E-state index is 12.1. The van der Waals surface area contributed by atoms with Gasteiger partial charge in [-0.05, 0) is 25.7 Å². The molecule has 3 N–H and O–H groups in total. The van der Waals surface area contributed by atoms with Gasteiger partial charge in [-0.2, -0.15) is 17.4 Å². The third-order valence-corrected chi connectivity index (χ3v) is 5.23. The van der Waals surface area contributed by atoms with Crippen molar-refractivity contribution in [3.05, 3.63) is 0 Å². The first kappa shape index (κ1) is 12.3. The first-order chi connectivity index (χ1) is 7.58. The minimum Gasteiger partial charge on any atom is -0.329 e. The zero-order valence-corrected chi connectivity index (χ0v) is 10.4. The summed E-state index contributed by atoms with van der Waals surface area (Å²) >= 11 is 0. The highest BCUT2D eigenvalue weighted by Crippen LogP contribution is 2.35. The largest absolute Gasteiger partial charge is 0.329 e. The second-order valence-electron chi connectivity index (χ2n) is 4.90. The number of nitrogens with one attached hydrogen (secondary N) is 1. The smallest absolute Gasteiger partial charge is 0.279 e. The predicted octanol–water partition coefficient (Wildman–Crippen LogP) is 0.188. The van der Waals surface area contributed by atoms with E-state index in [4.69, 9.17) is 5.73 Å². The van der Waals surface area contributed by atoms with Gasteiger partial charge in [-0.25, -0.2) is 0 Å². The second-order valence-corrected chi connectivity index (χ2v) is 6.58. The molecular formula is C10H21N3O2S. The number of rotatable bonds is 4. The zero-order valence-electron chi connectivity index (χ0n) is 9.61. The SMILES string of the molecule is NCC1(NS(=O)(=O)N2CCCCCC2)CC1. The average Bonchev–Trinajstić information content (AvgIpc) is 3.00. The fourth-order valence-electron chi connectivity index (χ4n) is 2.12. The monoisotopic (exact) mass is 247 g/mol. The third-order valence-electron chi connectivity index (χ3n) is 3.49. The summed E-state index contributed by atoms with van der Waals surface area (Å²) in [7, 11) is -3.31. The van der Waals surface area contributed by atoms with Crippen molar-refractivity contribution in [2.24, 2.45) is 5.73 Å². The van der Waals surface area contributed by atoms with Crippen LogP contribution in [0, 0.1) is 0 Å². The van der Waals surface area contributed by atoms with Crippen LogP contribution in [-0.4, -0.2) is 37.9 Å². The first-order valence-electron chi connectivity index (χ1n) is 6.07. The fraction of sp³-hybridized carbons (Fsp3) is 1.00. The molecule has 0 unspecified atom stereocenters. The molecule has 94 valence electrons. The van der Waals surface area contributed by atoms with Gasteiger partial charge < -0.3 is 5.73 Å². The Hall–Kier alpha value is -0.170. The highest BCUT2D eigenvalue weighted by Gasteiger charge is 2.45. The molecule has 0 aromatic carbocycles. The minimum absolute atomic E-state index is 0.328. The number of nitrogens with zero attached hydrogens (tertiary/aromatic N) is 1. The number of hydrogen-bond acceptors (Lipinski definition) is 3. The van der Waals surface area contributed by atoms with Crippen molar-refractivity contribution in [1.29, 1.82) is 0 Å². The maximum Gasteiger partial charge on any atom is 0.279 e. The molecule has 0 aromatic rings. The van der Waals surface area contributed by atoms with Crippen molar-refractivity contribution < 1.29 is 8.42 Å². The van der Waals surface area contributed by atoms with Crippen LogP contribution in [0.2, 0.25) is 0 Å². The molecule has 2 fully saturated rings. The molecule has 1 heterocycles. The summed E-state index contributed by atoms with van der Waals surface area (Å²) in [5.41, 5.74) is 5.26. The molecular weight excluding hydrogens is 226 g/mol. The summed E-state index contributed by atoms with van der Waals surface area (Å²) in [6.45, 7) is 1.70. The predicted molar refractivity (Wildman–Crippen MR) is 63.1 cm³/mol. The summed E-state index contributed by atoms with van der Waals surface area (Å²) in [6.07, 6.45) is 5.95. The van der Waals surface area contributed by atoms with Gasteiger partial charge in [0.05, 0.1) is 0 Å². The van der Waals surface area contributed by atoms with Crippen molar-refractivity contribution >= 4 is 10.2 Å². The highest BCUT2D eigenvalue weighted by atomic mass is 32.2. The van der Waals surface area contributed by atoms with Crippen LogP contribution in [0.4, 0.5) is 0 Å². The lowest BCUT2D eigenvalue weighted by atomic mass is 10.2. The third kappa shape index (κ3) is 2.74. The highest BCUT2D eigenvalue weighted by molar-refractivity contribution is 7.87. The summed E-state index contributed by atoms with van der Waals surface area (Å²) in [5, 5.41) is 0. The van der Waals surface area contributed by atoms with Gasteiger partial charge in [0, 0.05) is 25.2 Å². The fourth-order valence-corrected chi connectivity index (χ4v) is 3.82. The van der Waals surface area contributed by atoms with Crippen molar-refractivity contribution in [2.45, 2.75) is 44.1 Å². The molecule has 0 spiro atoms. The first-order valence-corrected chi connectivity index (χ1v) is 7.51. The Morgan fingerprint density at radius 3 is 2.12 bits per heavy atom. The maximum absolute atomic E-state index is 12.1. The van der Waals surface area contributed by atoms with Gasteiger partial charge in [0.2, 0.25) is 0 Å². The van der Waals surface area contributed by atoms with E-state index in [1.807, 2.05) is 0 Å². The number of nitrogens with two attached hydrogens (primary N) is 1. The van der Waals surface area contributed by atoms with Crippen molar-refractivity contribution in [3.8, 4) is 0 Å². The van der Waals surface area contributed by atoms with Crippen LogP contribution < -0.4 is 10.5 Å². The average molecular weight is 247 g/mol. The van der Waals surface area contributed by atoms with E-state index in [0.717, 1.165) is 38.5 Å². The molecule has 1 saturated heterocycles. The van der Waals surface area contributed by atoms with Gasteiger partial charge in [-0.1, -0.05) is 12.8 Å². The Kier molecular flexibility index (Phi) is 3.53. The topological polar surface area (TPSA) is 75.4 Å². The molecule has 0 atom stereocenters. The van der Waals surface area contributed by atoms with Crippen LogP contribution in [-0.2, 0) is 10.2 Å².